The van der Waals surface area contributed by atoms with E-state index in [2.05, 4.69) is 0 Å². The van der Waals surface area contributed by atoms with Gasteiger partial charge in [-0.25, -0.2) is 4.39 Å². The van der Waals surface area contributed by atoms with Gasteiger partial charge in [-0.1, -0.05) is 6.42 Å². The molecule has 4 nitrogen and oxygen atoms in total. The van der Waals surface area contributed by atoms with E-state index in [1.807, 2.05) is 0 Å². The summed E-state index contributed by atoms with van der Waals surface area (Å²) in [7, 11) is 2.78. The zero-order valence-corrected chi connectivity index (χ0v) is 11.2. The second-order valence-corrected chi connectivity index (χ2v) is 4.84. The minimum absolute atomic E-state index is 0.0172. The zero-order valence-electron chi connectivity index (χ0n) is 11.2. The van der Waals surface area contributed by atoms with E-state index < -0.39 is 17.2 Å². The number of carboxylic acid groups (broad SMARTS) is 1. The lowest BCUT2D eigenvalue weighted by atomic mass is 9.63. The SMILES string of the molecule is COc1c(F)cc(C2(C(=O)O)CCC2)c(C)c1OC. The fraction of sp³-hybridized carbons (Fsp3) is 0.500. The van der Waals surface area contributed by atoms with E-state index in [1.165, 1.54) is 20.3 Å². The summed E-state index contributed by atoms with van der Waals surface area (Å²) in [6, 6.07) is 1.27. The highest BCUT2D eigenvalue weighted by Crippen LogP contribution is 2.49. The molecule has 0 atom stereocenters. The minimum atomic E-state index is -0.982. The van der Waals surface area contributed by atoms with Crippen LogP contribution in [0.4, 0.5) is 4.39 Å². The van der Waals surface area contributed by atoms with Gasteiger partial charge in [0.25, 0.3) is 0 Å². The molecule has 1 fully saturated rings. The quantitative estimate of drug-likeness (QED) is 0.912. The second-order valence-electron chi connectivity index (χ2n) is 4.84. The Morgan fingerprint density at radius 3 is 2.26 bits per heavy atom. The van der Waals surface area contributed by atoms with Gasteiger partial charge in [-0.3, -0.25) is 4.79 Å². The smallest absolute Gasteiger partial charge is 0.314 e. The number of ether oxygens (including phenoxy) is 2. The van der Waals surface area contributed by atoms with Crippen LogP contribution in [0, 0.1) is 12.7 Å². The Morgan fingerprint density at radius 2 is 1.89 bits per heavy atom. The molecular weight excluding hydrogens is 251 g/mol. The normalized spacial score (nSPS) is 16.6. The minimum Gasteiger partial charge on any atom is -0.492 e. The molecule has 1 saturated carbocycles. The van der Waals surface area contributed by atoms with E-state index in [4.69, 9.17) is 9.47 Å². The fourth-order valence-electron chi connectivity index (χ4n) is 2.76. The van der Waals surface area contributed by atoms with Gasteiger partial charge in [0.2, 0.25) is 0 Å². The van der Waals surface area contributed by atoms with Crippen LogP contribution >= 0.6 is 0 Å². The highest BCUT2D eigenvalue weighted by atomic mass is 19.1. The molecule has 1 aromatic rings. The Morgan fingerprint density at radius 1 is 1.32 bits per heavy atom. The van der Waals surface area contributed by atoms with Crippen LogP contribution in [-0.4, -0.2) is 25.3 Å². The van der Waals surface area contributed by atoms with Crippen molar-refractivity contribution in [2.75, 3.05) is 14.2 Å². The first kappa shape index (κ1) is 13.6. The van der Waals surface area contributed by atoms with Crippen LogP contribution in [0.1, 0.15) is 30.4 Å². The van der Waals surface area contributed by atoms with Crippen LogP contribution in [0.5, 0.6) is 11.5 Å². The summed E-state index contributed by atoms with van der Waals surface area (Å²) in [5, 5.41) is 9.45. The van der Waals surface area contributed by atoms with E-state index in [9.17, 15) is 14.3 Å². The molecule has 0 bridgehead atoms. The molecule has 0 saturated heterocycles. The summed E-state index contributed by atoms with van der Waals surface area (Å²) < 4.78 is 24.2. The number of benzene rings is 1. The van der Waals surface area contributed by atoms with E-state index in [-0.39, 0.29) is 11.5 Å². The van der Waals surface area contributed by atoms with Gasteiger partial charge in [-0.15, -0.1) is 0 Å². The maximum Gasteiger partial charge on any atom is 0.314 e. The summed E-state index contributed by atoms with van der Waals surface area (Å²) in [4.78, 5) is 11.5. The van der Waals surface area contributed by atoms with Crippen LogP contribution in [0.2, 0.25) is 0 Å². The summed E-state index contributed by atoms with van der Waals surface area (Å²) in [6.07, 6.45) is 1.89. The molecule has 0 heterocycles. The summed E-state index contributed by atoms with van der Waals surface area (Å²) in [6.45, 7) is 1.74. The first-order chi connectivity index (χ1) is 8.97. The molecule has 0 amide bonds. The second kappa shape index (κ2) is 4.72. The topological polar surface area (TPSA) is 55.8 Å². The Labute approximate surface area is 111 Å². The highest BCUT2D eigenvalue weighted by molar-refractivity contribution is 5.83. The molecule has 0 unspecified atom stereocenters. The van der Waals surface area contributed by atoms with Crippen molar-refractivity contribution in [3.8, 4) is 11.5 Å². The Bertz CT molecular complexity index is 521. The van der Waals surface area contributed by atoms with Crippen molar-refractivity contribution in [3.05, 3.63) is 23.0 Å². The molecule has 1 N–H and O–H groups in total. The Kier molecular flexibility index (Phi) is 3.39. The number of methoxy groups -OCH3 is 2. The van der Waals surface area contributed by atoms with Crippen molar-refractivity contribution in [3.63, 3.8) is 0 Å². The van der Waals surface area contributed by atoms with Gasteiger partial charge in [0, 0.05) is 0 Å². The monoisotopic (exact) mass is 268 g/mol. The maximum atomic E-state index is 14.0. The maximum absolute atomic E-state index is 14.0. The van der Waals surface area contributed by atoms with Crippen LogP contribution < -0.4 is 9.47 Å². The van der Waals surface area contributed by atoms with Crippen LogP contribution in [0.25, 0.3) is 0 Å². The lowest BCUT2D eigenvalue weighted by Crippen LogP contribution is -2.43. The number of halogens is 1. The molecule has 0 aromatic heterocycles. The lowest BCUT2D eigenvalue weighted by Gasteiger charge is -2.39. The lowest BCUT2D eigenvalue weighted by molar-refractivity contribution is -0.147. The molecule has 1 aliphatic carbocycles. The molecule has 5 heteroatoms. The van der Waals surface area contributed by atoms with Gasteiger partial charge >= 0.3 is 5.97 Å². The number of hydrogen-bond donors (Lipinski definition) is 1. The number of aliphatic carboxylic acids is 1. The molecule has 2 rings (SSSR count). The number of rotatable bonds is 4. The third-order valence-electron chi connectivity index (χ3n) is 3.98. The third kappa shape index (κ3) is 1.84. The zero-order chi connectivity index (χ0) is 14.2. The van der Waals surface area contributed by atoms with E-state index in [1.54, 1.807) is 6.92 Å². The summed E-state index contributed by atoms with van der Waals surface area (Å²) in [5.41, 5.74) is 0.133. The average molecular weight is 268 g/mol. The molecular formula is C14H17FO4. The number of hydrogen-bond acceptors (Lipinski definition) is 3. The average Bonchev–Trinajstić information content (AvgIpc) is 2.30. The van der Waals surface area contributed by atoms with Gasteiger partial charge in [-0.2, -0.15) is 0 Å². The van der Waals surface area contributed by atoms with Crippen molar-refractivity contribution in [2.24, 2.45) is 0 Å². The Balaban J connectivity index is 2.65. The summed E-state index contributed by atoms with van der Waals surface area (Å²) in [5.74, 6) is -1.21. The van der Waals surface area contributed by atoms with E-state index in [0.717, 1.165) is 6.42 Å². The Hall–Kier alpha value is -1.78. The van der Waals surface area contributed by atoms with Gasteiger partial charge in [0.1, 0.15) is 0 Å². The first-order valence-corrected chi connectivity index (χ1v) is 6.13. The van der Waals surface area contributed by atoms with Crippen LogP contribution in [0.3, 0.4) is 0 Å². The molecule has 1 aromatic carbocycles. The summed E-state index contributed by atoms with van der Waals surface area (Å²) >= 11 is 0. The predicted molar refractivity (Wildman–Crippen MR) is 67.4 cm³/mol. The highest BCUT2D eigenvalue weighted by Gasteiger charge is 2.47. The van der Waals surface area contributed by atoms with Crippen molar-refractivity contribution in [1.82, 2.24) is 0 Å². The van der Waals surface area contributed by atoms with E-state index in [0.29, 0.717) is 24.0 Å². The third-order valence-corrected chi connectivity index (χ3v) is 3.98. The largest absolute Gasteiger partial charge is 0.492 e. The predicted octanol–water partition coefficient (Wildman–Crippen LogP) is 2.66. The van der Waals surface area contributed by atoms with Crippen molar-refractivity contribution in [1.29, 1.82) is 0 Å². The first-order valence-electron chi connectivity index (χ1n) is 6.13. The molecule has 19 heavy (non-hydrogen) atoms. The van der Waals surface area contributed by atoms with Crippen molar-refractivity contribution >= 4 is 5.97 Å². The fourth-order valence-corrected chi connectivity index (χ4v) is 2.76. The molecule has 0 aliphatic heterocycles. The number of carboxylic acids is 1. The van der Waals surface area contributed by atoms with Crippen LogP contribution in [-0.2, 0) is 10.2 Å². The van der Waals surface area contributed by atoms with Crippen molar-refractivity contribution < 1.29 is 23.8 Å². The van der Waals surface area contributed by atoms with Gasteiger partial charge in [-0.05, 0) is 37.0 Å². The van der Waals surface area contributed by atoms with Gasteiger partial charge < -0.3 is 14.6 Å². The number of carbonyl (C=O) groups is 1. The van der Waals surface area contributed by atoms with Gasteiger partial charge in [0.15, 0.2) is 17.3 Å². The molecule has 0 spiro atoms. The van der Waals surface area contributed by atoms with Gasteiger partial charge in [0.05, 0.1) is 19.6 Å². The standard InChI is InChI=1S/C14H17FO4/c1-8-9(14(13(16)17)5-4-6-14)7-10(15)12(19-3)11(8)18-2/h7H,4-6H2,1-3H3,(H,16,17). The van der Waals surface area contributed by atoms with E-state index >= 15 is 0 Å². The van der Waals surface area contributed by atoms with Crippen molar-refractivity contribution in [2.45, 2.75) is 31.6 Å². The molecule has 0 radical (unpaired) electrons. The molecule has 104 valence electrons. The van der Waals surface area contributed by atoms with Crippen LogP contribution in [0.15, 0.2) is 6.07 Å². The molecule has 1 aliphatic rings.